The zero-order valence-electron chi connectivity index (χ0n) is 13.5. The standard InChI is InChI=1S/C19H19N3O2/c1-24-18-8-3-2-7-15(18)16-10-17(16)22-19(23)21-12-14-6-4-5-13(9-14)11-20/h2-9,16-17H,10,12H2,1H3,(H2,21,22,23)/t16-,17-/m0/s1. The number of nitriles is 1. The second-order valence-electron chi connectivity index (χ2n) is 5.83. The summed E-state index contributed by atoms with van der Waals surface area (Å²) in [5.74, 6) is 1.16. The predicted molar refractivity (Wildman–Crippen MR) is 90.7 cm³/mol. The minimum absolute atomic E-state index is 0.131. The molecule has 0 bridgehead atoms. The zero-order chi connectivity index (χ0) is 16.9. The number of nitrogens with zero attached hydrogens (tertiary/aromatic N) is 1. The Kier molecular flexibility index (Phi) is 4.66. The normalized spacial score (nSPS) is 18.3. The van der Waals surface area contributed by atoms with E-state index in [4.69, 9.17) is 10.00 Å². The van der Waals surface area contributed by atoms with Gasteiger partial charge in [-0.05, 0) is 35.7 Å². The van der Waals surface area contributed by atoms with Crippen LogP contribution in [0.1, 0.15) is 29.0 Å². The second kappa shape index (κ2) is 7.05. The summed E-state index contributed by atoms with van der Waals surface area (Å²) in [6, 6.07) is 17.1. The summed E-state index contributed by atoms with van der Waals surface area (Å²) in [7, 11) is 1.66. The molecule has 2 atom stereocenters. The molecule has 2 aromatic carbocycles. The molecule has 122 valence electrons. The minimum atomic E-state index is -0.195. The molecule has 0 spiro atoms. The molecule has 0 heterocycles. The molecule has 0 aliphatic heterocycles. The molecule has 0 aromatic heterocycles. The maximum absolute atomic E-state index is 12.0. The first-order chi connectivity index (χ1) is 11.7. The van der Waals surface area contributed by atoms with Crippen molar-refractivity contribution in [3.63, 3.8) is 0 Å². The third-order valence-corrected chi connectivity index (χ3v) is 4.15. The lowest BCUT2D eigenvalue weighted by Gasteiger charge is -2.10. The van der Waals surface area contributed by atoms with Gasteiger partial charge in [0.25, 0.3) is 0 Å². The molecule has 24 heavy (non-hydrogen) atoms. The molecule has 1 aliphatic rings. The second-order valence-corrected chi connectivity index (χ2v) is 5.83. The van der Waals surface area contributed by atoms with Crippen molar-refractivity contribution in [3.8, 4) is 11.8 Å². The van der Waals surface area contributed by atoms with Gasteiger partial charge in [-0.15, -0.1) is 0 Å². The van der Waals surface area contributed by atoms with Crippen molar-refractivity contribution in [3.05, 3.63) is 65.2 Å². The van der Waals surface area contributed by atoms with Crippen molar-refractivity contribution < 1.29 is 9.53 Å². The topological polar surface area (TPSA) is 74.2 Å². The van der Waals surface area contributed by atoms with E-state index in [-0.39, 0.29) is 12.1 Å². The number of urea groups is 1. The van der Waals surface area contributed by atoms with E-state index in [1.807, 2.05) is 36.4 Å². The number of para-hydroxylation sites is 1. The molecule has 0 saturated heterocycles. The van der Waals surface area contributed by atoms with E-state index in [0.717, 1.165) is 23.3 Å². The molecule has 1 fully saturated rings. The number of carbonyl (C=O) groups excluding carboxylic acids is 1. The highest BCUT2D eigenvalue weighted by Gasteiger charge is 2.41. The molecule has 2 N–H and O–H groups in total. The smallest absolute Gasteiger partial charge is 0.315 e. The fourth-order valence-corrected chi connectivity index (χ4v) is 2.82. The number of methoxy groups -OCH3 is 1. The van der Waals surface area contributed by atoms with Crippen LogP contribution in [-0.2, 0) is 6.54 Å². The highest BCUT2D eigenvalue weighted by atomic mass is 16.5. The lowest BCUT2D eigenvalue weighted by molar-refractivity contribution is 0.240. The number of rotatable bonds is 5. The third-order valence-electron chi connectivity index (χ3n) is 4.15. The molecule has 1 saturated carbocycles. The fraction of sp³-hybridized carbons (Fsp3) is 0.263. The summed E-state index contributed by atoms with van der Waals surface area (Å²) >= 11 is 0. The Morgan fingerprint density at radius 2 is 2.12 bits per heavy atom. The van der Waals surface area contributed by atoms with Crippen molar-refractivity contribution in [2.75, 3.05) is 7.11 Å². The van der Waals surface area contributed by atoms with E-state index >= 15 is 0 Å². The molecular formula is C19H19N3O2. The summed E-state index contributed by atoms with van der Waals surface area (Å²) in [5.41, 5.74) is 2.63. The number of nitrogens with one attached hydrogen (secondary N) is 2. The van der Waals surface area contributed by atoms with Gasteiger partial charge in [0.2, 0.25) is 0 Å². The molecule has 5 nitrogen and oxygen atoms in total. The Bertz CT molecular complexity index is 782. The quantitative estimate of drug-likeness (QED) is 0.889. The highest BCUT2D eigenvalue weighted by Crippen LogP contribution is 2.44. The molecule has 1 aliphatic carbocycles. The van der Waals surface area contributed by atoms with Gasteiger partial charge >= 0.3 is 6.03 Å². The van der Waals surface area contributed by atoms with Crippen LogP contribution >= 0.6 is 0 Å². The van der Waals surface area contributed by atoms with E-state index < -0.39 is 0 Å². The lowest BCUT2D eigenvalue weighted by atomic mass is 10.1. The van der Waals surface area contributed by atoms with E-state index in [9.17, 15) is 4.79 Å². The summed E-state index contributed by atoms with van der Waals surface area (Å²) in [6.07, 6.45) is 0.914. The first kappa shape index (κ1) is 15.9. The van der Waals surface area contributed by atoms with E-state index in [0.29, 0.717) is 18.0 Å². The van der Waals surface area contributed by atoms with Crippen LogP contribution in [0.15, 0.2) is 48.5 Å². The van der Waals surface area contributed by atoms with Crippen molar-refractivity contribution in [2.45, 2.75) is 24.9 Å². The number of amides is 2. The van der Waals surface area contributed by atoms with Gasteiger partial charge in [-0.2, -0.15) is 5.26 Å². The van der Waals surface area contributed by atoms with Gasteiger partial charge in [0.05, 0.1) is 18.7 Å². The van der Waals surface area contributed by atoms with Gasteiger partial charge in [-0.1, -0.05) is 30.3 Å². The maximum atomic E-state index is 12.0. The van der Waals surface area contributed by atoms with Crippen molar-refractivity contribution >= 4 is 6.03 Å². The van der Waals surface area contributed by atoms with Gasteiger partial charge < -0.3 is 15.4 Å². The van der Waals surface area contributed by atoms with Gasteiger partial charge in [0.15, 0.2) is 0 Å². The van der Waals surface area contributed by atoms with Gasteiger partial charge in [0.1, 0.15) is 5.75 Å². The van der Waals surface area contributed by atoms with Crippen LogP contribution in [0, 0.1) is 11.3 Å². The predicted octanol–water partition coefficient (Wildman–Crippen LogP) is 2.92. The average Bonchev–Trinajstić information content (AvgIpc) is 3.39. The Morgan fingerprint density at radius 1 is 1.29 bits per heavy atom. The molecular weight excluding hydrogens is 302 g/mol. The Morgan fingerprint density at radius 3 is 2.92 bits per heavy atom. The minimum Gasteiger partial charge on any atom is -0.496 e. The first-order valence-corrected chi connectivity index (χ1v) is 7.87. The summed E-state index contributed by atoms with van der Waals surface area (Å²) in [6.45, 7) is 0.396. The van der Waals surface area contributed by atoms with E-state index in [1.54, 1.807) is 19.2 Å². The first-order valence-electron chi connectivity index (χ1n) is 7.87. The van der Waals surface area contributed by atoms with Crippen LogP contribution in [0.4, 0.5) is 4.79 Å². The van der Waals surface area contributed by atoms with Gasteiger partial charge in [-0.3, -0.25) is 0 Å². The monoisotopic (exact) mass is 321 g/mol. The van der Waals surface area contributed by atoms with E-state index in [1.165, 1.54) is 0 Å². The molecule has 0 radical (unpaired) electrons. The molecule has 2 amide bonds. The molecule has 0 unspecified atom stereocenters. The summed E-state index contributed by atoms with van der Waals surface area (Å²) in [5, 5.41) is 14.7. The number of hydrogen-bond acceptors (Lipinski definition) is 3. The summed E-state index contributed by atoms with van der Waals surface area (Å²) in [4.78, 5) is 12.0. The number of hydrogen-bond donors (Lipinski definition) is 2. The average molecular weight is 321 g/mol. The Labute approximate surface area is 141 Å². The van der Waals surface area contributed by atoms with Crippen LogP contribution in [-0.4, -0.2) is 19.2 Å². The van der Waals surface area contributed by atoms with Crippen LogP contribution < -0.4 is 15.4 Å². The van der Waals surface area contributed by atoms with Crippen molar-refractivity contribution in [1.29, 1.82) is 5.26 Å². The molecule has 5 heteroatoms. The van der Waals surface area contributed by atoms with Crippen LogP contribution in [0.3, 0.4) is 0 Å². The van der Waals surface area contributed by atoms with Crippen LogP contribution in [0.2, 0.25) is 0 Å². The number of ether oxygens (including phenoxy) is 1. The number of carbonyl (C=O) groups is 1. The fourth-order valence-electron chi connectivity index (χ4n) is 2.82. The van der Waals surface area contributed by atoms with Crippen LogP contribution in [0.5, 0.6) is 5.75 Å². The highest BCUT2D eigenvalue weighted by molar-refractivity contribution is 5.75. The summed E-state index contributed by atoms with van der Waals surface area (Å²) < 4.78 is 5.37. The lowest BCUT2D eigenvalue weighted by Crippen LogP contribution is -2.36. The van der Waals surface area contributed by atoms with E-state index in [2.05, 4.69) is 16.7 Å². The Balaban J connectivity index is 1.51. The van der Waals surface area contributed by atoms with Crippen molar-refractivity contribution in [1.82, 2.24) is 10.6 Å². The molecule has 2 aromatic rings. The molecule has 3 rings (SSSR count). The van der Waals surface area contributed by atoms with Gasteiger partial charge in [0, 0.05) is 18.5 Å². The van der Waals surface area contributed by atoms with Crippen molar-refractivity contribution in [2.24, 2.45) is 0 Å². The Hall–Kier alpha value is -3.00. The van der Waals surface area contributed by atoms with Crippen LogP contribution in [0.25, 0.3) is 0 Å². The van der Waals surface area contributed by atoms with Gasteiger partial charge in [-0.25, -0.2) is 4.79 Å². The largest absolute Gasteiger partial charge is 0.496 e. The SMILES string of the molecule is COc1ccccc1[C@@H]1C[C@@H]1NC(=O)NCc1cccc(C#N)c1. The third kappa shape index (κ3) is 3.66. The maximum Gasteiger partial charge on any atom is 0.315 e. The zero-order valence-corrected chi connectivity index (χ0v) is 13.5. The number of benzene rings is 2.